The maximum atomic E-state index is 11.3. The normalized spacial score (nSPS) is 11.9. The van der Waals surface area contributed by atoms with E-state index < -0.39 is 11.0 Å². The Morgan fingerprint density at radius 1 is 1.50 bits per heavy atom. The molecule has 1 aromatic carbocycles. The number of nitrogens with zero attached hydrogens (tertiary/aromatic N) is 2. The van der Waals surface area contributed by atoms with Crippen LogP contribution in [0.5, 0.6) is 0 Å². The number of carbonyl (C=O) groups excluding carboxylic acids is 1. The number of nitro groups is 1. The molecule has 2 aromatic rings. The molecule has 1 unspecified atom stereocenters. The number of aromatic nitrogens is 1. The number of aliphatic hydroxyl groups is 1. The molecule has 0 aliphatic carbocycles. The Balaban J connectivity index is 2.12. The van der Waals surface area contributed by atoms with Crippen molar-refractivity contribution < 1.29 is 19.6 Å². The Hall–Kier alpha value is -2.32. The fourth-order valence-corrected chi connectivity index (χ4v) is 2.95. The van der Waals surface area contributed by atoms with E-state index in [1.807, 2.05) is 0 Å². The number of hydrogen-bond donors (Lipinski definition) is 1. The van der Waals surface area contributed by atoms with E-state index in [0.717, 1.165) is 0 Å². The number of benzene rings is 1. The van der Waals surface area contributed by atoms with Gasteiger partial charge in [0, 0.05) is 29.6 Å². The van der Waals surface area contributed by atoms with Gasteiger partial charge in [0.15, 0.2) is 0 Å². The van der Waals surface area contributed by atoms with Crippen LogP contribution in [0.25, 0.3) is 0 Å². The highest BCUT2D eigenvalue weighted by Gasteiger charge is 2.20. The third-order valence-corrected chi connectivity index (χ3v) is 4.27. The highest BCUT2D eigenvalue weighted by molar-refractivity contribution is 7.09. The molecule has 1 aromatic heterocycles. The Morgan fingerprint density at radius 2 is 2.29 bits per heavy atom. The lowest BCUT2D eigenvalue weighted by Crippen LogP contribution is -2.05. The zero-order valence-electron chi connectivity index (χ0n) is 13.2. The van der Waals surface area contributed by atoms with Crippen LogP contribution in [0.1, 0.15) is 42.0 Å². The minimum Gasteiger partial charge on any atom is -0.466 e. The second-order valence-electron chi connectivity index (χ2n) is 5.08. The summed E-state index contributed by atoms with van der Waals surface area (Å²) in [6, 6.07) is 4.64. The Kier molecular flexibility index (Phi) is 6.39. The zero-order chi connectivity index (χ0) is 17.5. The van der Waals surface area contributed by atoms with Gasteiger partial charge in [0.2, 0.25) is 0 Å². The summed E-state index contributed by atoms with van der Waals surface area (Å²) in [5.74, 6) is -0.309. The molecule has 0 fully saturated rings. The summed E-state index contributed by atoms with van der Waals surface area (Å²) in [5.41, 5.74) is 0.886. The van der Waals surface area contributed by atoms with Crippen molar-refractivity contribution in [3.05, 3.63) is 56.0 Å². The van der Waals surface area contributed by atoms with Crippen LogP contribution >= 0.6 is 11.3 Å². The zero-order valence-corrected chi connectivity index (χ0v) is 14.0. The molecule has 0 amide bonds. The summed E-state index contributed by atoms with van der Waals surface area (Å²) in [5, 5.41) is 23.8. The Labute approximate surface area is 143 Å². The first-order valence-corrected chi connectivity index (χ1v) is 8.41. The molecular weight excluding hydrogens is 332 g/mol. The van der Waals surface area contributed by atoms with Gasteiger partial charge in [-0.1, -0.05) is 12.1 Å². The van der Waals surface area contributed by atoms with Crippen LogP contribution < -0.4 is 0 Å². The number of esters is 1. The number of carbonyl (C=O) groups is 1. The Bertz CT molecular complexity index is 702. The van der Waals surface area contributed by atoms with Gasteiger partial charge in [-0.25, -0.2) is 4.98 Å². The first-order chi connectivity index (χ1) is 11.5. The van der Waals surface area contributed by atoms with Crippen molar-refractivity contribution in [1.82, 2.24) is 4.98 Å². The van der Waals surface area contributed by atoms with Crippen molar-refractivity contribution >= 4 is 23.0 Å². The molecule has 0 saturated heterocycles. The number of hydrogen-bond acceptors (Lipinski definition) is 7. The second kappa shape index (κ2) is 8.51. The third-order valence-electron chi connectivity index (χ3n) is 3.44. The van der Waals surface area contributed by atoms with Gasteiger partial charge < -0.3 is 9.84 Å². The van der Waals surface area contributed by atoms with Crippen LogP contribution in [0.2, 0.25) is 0 Å². The fraction of sp³-hybridized carbons (Fsp3) is 0.375. The Morgan fingerprint density at radius 3 is 2.92 bits per heavy atom. The number of ether oxygens (including phenoxy) is 1. The lowest BCUT2D eigenvalue weighted by atomic mass is 10.0. The average molecular weight is 350 g/mol. The largest absolute Gasteiger partial charge is 0.466 e. The van der Waals surface area contributed by atoms with E-state index >= 15 is 0 Å². The maximum absolute atomic E-state index is 11.3. The molecule has 1 heterocycles. The molecular formula is C16H18N2O5S. The number of aliphatic hydroxyl groups excluding tert-OH is 1. The van der Waals surface area contributed by atoms with E-state index in [4.69, 9.17) is 4.74 Å². The fourth-order valence-electron chi connectivity index (χ4n) is 2.30. The highest BCUT2D eigenvalue weighted by atomic mass is 32.1. The summed E-state index contributed by atoms with van der Waals surface area (Å²) >= 11 is 1.28. The van der Waals surface area contributed by atoms with Gasteiger partial charge in [0.05, 0.1) is 11.5 Å². The second-order valence-corrected chi connectivity index (χ2v) is 6.00. The number of aryl methyl sites for hydroxylation is 1. The van der Waals surface area contributed by atoms with Crippen LogP contribution in [0.15, 0.2) is 29.8 Å². The van der Waals surface area contributed by atoms with Crippen molar-refractivity contribution in [2.24, 2.45) is 0 Å². The predicted octanol–water partition coefficient (Wildman–Crippen LogP) is 3.02. The van der Waals surface area contributed by atoms with E-state index in [0.29, 0.717) is 35.6 Å². The summed E-state index contributed by atoms with van der Waals surface area (Å²) in [4.78, 5) is 26.2. The molecule has 128 valence electrons. The van der Waals surface area contributed by atoms with Gasteiger partial charge in [0.1, 0.15) is 11.1 Å². The molecule has 0 aliphatic rings. The van der Waals surface area contributed by atoms with Crippen molar-refractivity contribution in [2.75, 3.05) is 6.61 Å². The standard InChI is InChI=1S/C16H18N2O5S/c1-2-23-14(19)5-3-4-11-6-7-12(10-13(11)18(21)22)15(20)16-17-8-9-24-16/h6-10,15,20H,2-5H2,1H3. The molecule has 0 aliphatic heterocycles. The monoisotopic (exact) mass is 350 g/mol. The lowest BCUT2D eigenvalue weighted by Gasteiger charge is -2.10. The number of thiazole rings is 1. The van der Waals surface area contributed by atoms with Crippen LogP contribution in [-0.2, 0) is 16.0 Å². The third kappa shape index (κ3) is 4.59. The minimum absolute atomic E-state index is 0.0630. The van der Waals surface area contributed by atoms with Crippen LogP contribution in [0.4, 0.5) is 5.69 Å². The van der Waals surface area contributed by atoms with E-state index in [1.54, 1.807) is 30.6 Å². The molecule has 8 heteroatoms. The van der Waals surface area contributed by atoms with Crippen LogP contribution in [0, 0.1) is 10.1 Å². The summed E-state index contributed by atoms with van der Waals surface area (Å²) in [7, 11) is 0. The topological polar surface area (TPSA) is 103 Å². The van der Waals surface area contributed by atoms with Crippen LogP contribution in [-0.4, -0.2) is 27.6 Å². The molecule has 0 spiro atoms. The smallest absolute Gasteiger partial charge is 0.305 e. The average Bonchev–Trinajstić information content (AvgIpc) is 3.09. The maximum Gasteiger partial charge on any atom is 0.305 e. The molecule has 24 heavy (non-hydrogen) atoms. The van der Waals surface area contributed by atoms with E-state index in [1.165, 1.54) is 17.4 Å². The van der Waals surface area contributed by atoms with Crippen LogP contribution in [0.3, 0.4) is 0 Å². The van der Waals surface area contributed by atoms with E-state index in [2.05, 4.69) is 4.98 Å². The molecule has 7 nitrogen and oxygen atoms in total. The van der Waals surface area contributed by atoms with Crippen molar-refractivity contribution in [1.29, 1.82) is 0 Å². The SMILES string of the molecule is CCOC(=O)CCCc1ccc(C(O)c2nccs2)cc1[N+](=O)[O-]. The van der Waals surface area contributed by atoms with Crippen molar-refractivity contribution in [3.8, 4) is 0 Å². The molecule has 0 saturated carbocycles. The summed E-state index contributed by atoms with van der Waals surface area (Å²) in [6.07, 6.45) is 1.66. The van der Waals surface area contributed by atoms with Gasteiger partial charge in [0.25, 0.3) is 5.69 Å². The number of rotatable bonds is 8. The van der Waals surface area contributed by atoms with E-state index in [-0.39, 0.29) is 18.1 Å². The molecule has 1 atom stereocenters. The lowest BCUT2D eigenvalue weighted by molar-refractivity contribution is -0.385. The highest BCUT2D eigenvalue weighted by Crippen LogP contribution is 2.29. The van der Waals surface area contributed by atoms with Gasteiger partial charge in [-0.15, -0.1) is 11.3 Å². The van der Waals surface area contributed by atoms with Gasteiger partial charge in [-0.2, -0.15) is 0 Å². The van der Waals surface area contributed by atoms with Gasteiger partial charge in [-0.05, 0) is 25.3 Å². The molecule has 1 N–H and O–H groups in total. The quantitative estimate of drug-likeness (QED) is 0.446. The molecule has 0 bridgehead atoms. The number of nitro benzene ring substituents is 1. The van der Waals surface area contributed by atoms with E-state index in [9.17, 15) is 20.0 Å². The summed E-state index contributed by atoms with van der Waals surface area (Å²) in [6.45, 7) is 2.05. The molecule has 0 radical (unpaired) electrons. The van der Waals surface area contributed by atoms with Crippen molar-refractivity contribution in [2.45, 2.75) is 32.3 Å². The predicted molar refractivity (Wildman–Crippen MR) is 88.8 cm³/mol. The van der Waals surface area contributed by atoms with Gasteiger partial charge >= 0.3 is 5.97 Å². The van der Waals surface area contributed by atoms with Crippen molar-refractivity contribution in [3.63, 3.8) is 0 Å². The molecule has 2 rings (SSSR count). The first kappa shape index (κ1) is 18.0. The minimum atomic E-state index is -0.989. The summed E-state index contributed by atoms with van der Waals surface area (Å²) < 4.78 is 4.84. The first-order valence-electron chi connectivity index (χ1n) is 7.53. The van der Waals surface area contributed by atoms with Gasteiger partial charge in [-0.3, -0.25) is 14.9 Å².